The Kier molecular flexibility index (Phi) is 10.3. The quantitative estimate of drug-likeness (QED) is 0.434. The Morgan fingerprint density at radius 2 is 1.60 bits per heavy atom. The summed E-state index contributed by atoms with van der Waals surface area (Å²) in [6, 6.07) is 2.15. The van der Waals surface area contributed by atoms with Crippen LogP contribution in [0.3, 0.4) is 0 Å². The highest BCUT2D eigenvalue weighted by Crippen LogP contribution is 2.08. The van der Waals surface area contributed by atoms with E-state index >= 15 is 0 Å². The van der Waals surface area contributed by atoms with Crippen LogP contribution in [0.5, 0.6) is 0 Å². The van der Waals surface area contributed by atoms with Crippen molar-refractivity contribution in [2.24, 2.45) is 0 Å². The molecule has 0 fully saturated rings. The van der Waals surface area contributed by atoms with E-state index in [2.05, 4.69) is 6.07 Å². The molecule has 86 valence electrons. The largest absolute Gasteiger partial charge is 0.466 e. The second kappa shape index (κ2) is 11.0. The zero-order valence-corrected chi connectivity index (χ0v) is 9.63. The maximum absolute atomic E-state index is 10.4. The molecule has 0 aliphatic rings. The molecule has 0 spiro atoms. The third-order valence-corrected chi connectivity index (χ3v) is 2.24. The van der Waals surface area contributed by atoms with Gasteiger partial charge in [0.05, 0.1) is 12.7 Å². The average Bonchev–Trinajstić information content (AvgIpc) is 2.20. The van der Waals surface area contributed by atoms with Crippen molar-refractivity contribution in [1.82, 2.24) is 0 Å². The summed E-state index contributed by atoms with van der Waals surface area (Å²) in [5, 5.41) is 8.32. The molecule has 0 saturated heterocycles. The van der Waals surface area contributed by atoms with Gasteiger partial charge >= 0.3 is 5.97 Å². The number of carbonyl (C=O) groups excluding carboxylic acids is 1. The summed E-state index contributed by atoms with van der Waals surface area (Å²) < 4.78 is 4.83. The summed E-state index contributed by atoms with van der Waals surface area (Å²) in [5.41, 5.74) is 0. The minimum Gasteiger partial charge on any atom is -0.466 e. The topological polar surface area (TPSA) is 50.1 Å². The lowest BCUT2D eigenvalue weighted by Gasteiger charge is -2.02. The molecule has 3 nitrogen and oxygen atoms in total. The normalized spacial score (nSPS) is 9.60. The number of unbranched alkanes of at least 4 members (excludes halogenated alkanes) is 7. The first-order valence-corrected chi connectivity index (χ1v) is 5.77. The molecule has 0 radical (unpaired) electrons. The maximum Gasteiger partial charge on any atom is 0.302 e. The van der Waals surface area contributed by atoms with Crippen LogP contribution in [0.1, 0.15) is 58.3 Å². The van der Waals surface area contributed by atoms with Gasteiger partial charge in [0.2, 0.25) is 0 Å². The minimum absolute atomic E-state index is 0.188. The second-order valence-electron chi connectivity index (χ2n) is 3.72. The van der Waals surface area contributed by atoms with Crippen LogP contribution >= 0.6 is 0 Å². The van der Waals surface area contributed by atoms with Gasteiger partial charge < -0.3 is 4.74 Å². The fourth-order valence-electron chi connectivity index (χ4n) is 1.41. The molecule has 0 bridgehead atoms. The van der Waals surface area contributed by atoms with Gasteiger partial charge in [0.15, 0.2) is 0 Å². The molecular weight excluding hydrogens is 190 g/mol. The maximum atomic E-state index is 10.4. The number of nitriles is 1. The van der Waals surface area contributed by atoms with Crippen molar-refractivity contribution in [3.05, 3.63) is 0 Å². The summed E-state index contributed by atoms with van der Waals surface area (Å²) in [6.45, 7) is 2.00. The van der Waals surface area contributed by atoms with E-state index in [-0.39, 0.29) is 5.97 Å². The van der Waals surface area contributed by atoms with Gasteiger partial charge in [-0.25, -0.2) is 0 Å². The molecule has 0 N–H and O–H groups in total. The van der Waals surface area contributed by atoms with Gasteiger partial charge in [0.25, 0.3) is 0 Å². The molecule has 0 aromatic rings. The molecule has 0 unspecified atom stereocenters. The standard InChI is InChI=1S/C12H21NO2/c1-12(14)15-11-9-7-5-3-2-4-6-8-10-13/h2-9,11H2,1H3. The predicted octanol–water partition coefficient (Wildman–Crippen LogP) is 3.19. The van der Waals surface area contributed by atoms with Gasteiger partial charge in [-0.2, -0.15) is 5.26 Å². The Balaban J connectivity index is 2.93. The third kappa shape index (κ3) is 13.0. The van der Waals surface area contributed by atoms with Crippen molar-refractivity contribution in [2.45, 2.75) is 58.3 Å². The summed E-state index contributed by atoms with van der Waals surface area (Å²) in [5.74, 6) is -0.188. The Morgan fingerprint density at radius 1 is 1.07 bits per heavy atom. The molecule has 0 saturated carbocycles. The van der Waals surface area contributed by atoms with Crippen LogP contribution in [0.15, 0.2) is 0 Å². The lowest BCUT2D eigenvalue weighted by Crippen LogP contribution is -1.99. The lowest BCUT2D eigenvalue weighted by molar-refractivity contribution is -0.141. The number of esters is 1. The molecule has 0 aromatic heterocycles. The first kappa shape index (κ1) is 14.0. The number of ether oxygens (including phenoxy) is 1. The van der Waals surface area contributed by atoms with Crippen LogP contribution in [0.25, 0.3) is 0 Å². The average molecular weight is 211 g/mol. The molecule has 0 aliphatic heterocycles. The fourth-order valence-corrected chi connectivity index (χ4v) is 1.41. The summed E-state index contributed by atoms with van der Waals surface area (Å²) in [4.78, 5) is 10.4. The van der Waals surface area contributed by atoms with Crippen molar-refractivity contribution in [1.29, 1.82) is 5.26 Å². The number of carbonyl (C=O) groups is 1. The monoisotopic (exact) mass is 211 g/mol. The fraction of sp³-hybridized carbons (Fsp3) is 0.833. The van der Waals surface area contributed by atoms with Gasteiger partial charge in [0, 0.05) is 13.3 Å². The highest BCUT2D eigenvalue weighted by molar-refractivity contribution is 5.65. The van der Waals surface area contributed by atoms with Crippen molar-refractivity contribution in [3.8, 4) is 6.07 Å². The molecule has 0 heterocycles. The van der Waals surface area contributed by atoms with Crippen LogP contribution in [0.2, 0.25) is 0 Å². The van der Waals surface area contributed by atoms with Gasteiger partial charge in [-0.3, -0.25) is 4.79 Å². The van der Waals surface area contributed by atoms with E-state index in [1.807, 2.05) is 0 Å². The molecule has 3 heteroatoms. The zero-order chi connectivity index (χ0) is 11.4. The van der Waals surface area contributed by atoms with E-state index in [0.29, 0.717) is 13.0 Å². The molecule has 0 rings (SSSR count). The van der Waals surface area contributed by atoms with E-state index in [1.54, 1.807) is 0 Å². The Morgan fingerprint density at radius 3 is 2.13 bits per heavy atom. The van der Waals surface area contributed by atoms with Crippen LogP contribution in [0, 0.1) is 11.3 Å². The third-order valence-electron chi connectivity index (χ3n) is 2.24. The molecule has 0 amide bonds. The van der Waals surface area contributed by atoms with E-state index in [9.17, 15) is 4.79 Å². The highest BCUT2D eigenvalue weighted by atomic mass is 16.5. The number of nitrogens with zero attached hydrogens (tertiary/aromatic N) is 1. The number of hydrogen-bond donors (Lipinski definition) is 0. The zero-order valence-electron chi connectivity index (χ0n) is 9.63. The minimum atomic E-state index is -0.188. The van der Waals surface area contributed by atoms with Gasteiger partial charge in [-0.1, -0.05) is 32.1 Å². The first-order chi connectivity index (χ1) is 7.27. The SMILES string of the molecule is CC(=O)OCCCCCCCCCC#N. The van der Waals surface area contributed by atoms with Crippen LogP contribution < -0.4 is 0 Å². The van der Waals surface area contributed by atoms with E-state index < -0.39 is 0 Å². The molecule has 0 aliphatic carbocycles. The summed E-state index contributed by atoms with van der Waals surface area (Å²) >= 11 is 0. The van der Waals surface area contributed by atoms with E-state index in [0.717, 1.165) is 25.7 Å². The van der Waals surface area contributed by atoms with E-state index in [1.165, 1.54) is 26.2 Å². The van der Waals surface area contributed by atoms with Crippen molar-refractivity contribution >= 4 is 5.97 Å². The predicted molar refractivity (Wildman–Crippen MR) is 59.2 cm³/mol. The van der Waals surface area contributed by atoms with Gasteiger partial charge in [-0.05, 0) is 12.8 Å². The molecule has 0 aromatic carbocycles. The van der Waals surface area contributed by atoms with Crippen LogP contribution in [0.4, 0.5) is 0 Å². The van der Waals surface area contributed by atoms with Crippen molar-refractivity contribution in [3.63, 3.8) is 0 Å². The highest BCUT2D eigenvalue weighted by Gasteiger charge is 1.94. The second-order valence-corrected chi connectivity index (χ2v) is 3.72. The van der Waals surface area contributed by atoms with Crippen molar-refractivity contribution < 1.29 is 9.53 Å². The smallest absolute Gasteiger partial charge is 0.302 e. The Hall–Kier alpha value is -1.04. The van der Waals surface area contributed by atoms with Gasteiger partial charge in [-0.15, -0.1) is 0 Å². The molecule has 0 atom stereocenters. The van der Waals surface area contributed by atoms with E-state index in [4.69, 9.17) is 10.00 Å². The van der Waals surface area contributed by atoms with Crippen LogP contribution in [-0.4, -0.2) is 12.6 Å². The van der Waals surface area contributed by atoms with Crippen LogP contribution in [-0.2, 0) is 9.53 Å². The summed E-state index contributed by atoms with van der Waals surface area (Å²) in [6.07, 6.45) is 8.63. The Labute approximate surface area is 92.4 Å². The first-order valence-electron chi connectivity index (χ1n) is 5.77. The molecule has 15 heavy (non-hydrogen) atoms. The summed E-state index contributed by atoms with van der Waals surface area (Å²) in [7, 11) is 0. The van der Waals surface area contributed by atoms with Gasteiger partial charge in [0.1, 0.15) is 0 Å². The number of hydrogen-bond acceptors (Lipinski definition) is 3. The lowest BCUT2D eigenvalue weighted by atomic mass is 10.1. The number of rotatable bonds is 9. The Bertz CT molecular complexity index is 196. The molecular formula is C12H21NO2. The van der Waals surface area contributed by atoms with Crippen molar-refractivity contribution in [2.75, 3.05) is 6.61 Å².